The van der Waals surface area contributed by atoms with Crippen molar-refractivity contribution in [3.05, 3.63) is 103 Å². The first-order valence-corrected chi connectivity index (χ1v) is 12.0. The molecule has 2 aliphatic rings. The molecule has 0 atom stereocenters. The number of nitrogens with zero attached hydrogens (tertiary/aromatic N) is 3. The molecular weight excluding hydrogens is 469 g/mol. The van der Waals surface area contributed by atoms with E-state index in [2.05, 4.69) is 27.2 Å². The van der Waals surface area contributed by atoms with Crippen molar-refractivity contribution in [1.29, 1.82) is 0 Å². The van der Waals surface area contributed by atoms with Crippen molar-refractivity contribution in [3.8, 4) is 11.5 Å². The quantitative estimate of drug-likeness (QED) is 0.288. The average Bonchev–Trinajstić information content (AvgIpc) is 3.63. The topological polar surface area (TPSA) is 79.4 Å². The van der Waals surface area contributed by atoms with Crippen molar-refractivity contribution >= 4 is 34.7 Å². The van der Waals surface area contributed by atoms with E-state index in [1.807, 2.05) is 77.7 Å². The molecule has 0 radical (unpaired) electrons. The van der Waals surface area contributed by atoms with Crippen LogP contribution in [-0.2, 0) is 10.2 Å². The van der Waals surface area contributed by atoms with Gasteiger partial charge in [-0.05, 0) is 73.0 Å². The summed E-state index contributed by atoms with van der Waals surface area (Å²) in [6.45, 7) is 4.13. The summed E-state index contributed by atoms with van der Waals surface area (Å²) in [6, 6.07) is 22.7. The van der Waals surface area contributed by atoms with Crippen LogP contribution in [0.1, 0.15) is 18.4 Å². The Morgan fingerprint density at radius 3 is 2.49 bits per heavy atom. The normalized spacial score (nSPS) is 14.7. The zero-order valence-corrected chi connectivity index (χ0v) is 19.9. The van der Waals surface area contributed by atoms with Crippen LogP contribution in [0.25, 0.3) is 0 Å². The van der Waals surface area contributed by atoms with Gasteiger partial charge in [0.25, 0.3) is 0 Å². The fourth-order valence-electron chi connectivity index (χ4n) is 4.68. The molecular formula is C29H24FN5O2. The van der Waals surface area contributed by atoms with Crippen LogP contribution in [0.4, 0.5) is 33.2 Å². The van der Waals surface area contributed by atoms with Crippen LogP contribution in [0.2, 0.25) is 0 Å². The van der Waals surface area contributed by atoms with E-state index >= 15 is 4.39 Å². The highest BCUT2D eigenvalue weighted by atomic mass is 19.1. The number of fused-ring (bicyclic) bond motifs is 2. The van der Waals surface area contributed by atoms with Crippen LogP contribution in [0, 0.1) is 5.82 Å². The molecule has 4 aromatic rings. The van der Waals surface area contributed by atoms with Crippen molar-refractivity contribution in [3.63, 3.8) is 0 Å². The summed E-state index contributed by atoms with van der Waals surface area (Å²) >= 11 is 0. The molecule has 1 fully saturated rings. The SMILES string of the molecule is C=CC(=O)Nc1ccc2c(c1)N(c1nc(Nc3ccc(Oc4ccccc4)cc3)ncc1F)CC21CC1. The zero-order chi connectivity index (χ0) is 25.4. The molecule has 184 valence electrons. The number of hydrogen-bond acceptors (Lipinski definition) is 6. The molecule has 2 N–H and O–H groups in total. The van der Waals surface area contributed by atoms with Crippen LogP contribution in [0.3, 0.4) is 0 Å². The summed E-state index contributed by atoms with van der Waals surface area (Å²) in [7, 11) is 0. The number of ether oxygens (including phenoxy) is 1. The lowest BCUT2D eigenvalue weighted by Gasteiger charge is -2.20. The van der Waals surface area contributed by atoms with Crippen LogP contribution in [0.5, 0.6) is 11.5 Å². The van der Waals surface area contributed by atoms with Crippen molar-refractivity contribution < 1.29 is 13.9 Å². The fraction of sp³-hybridized carbons (Fsp3) is 0.138. The molecule has 1 amide bonds. The average molecular weight is 494 g/mol. The van der Waals surface area contributed by atoms with E-state index in [0.717, 1.165) is 35.5 Å². The van der Waals surface area contributed by atoms with E-state index in [0.29, 0.717) is 18.0 Å². The van der Waals surface area contributed by atoms with Gasteiger partial charge < -0.3 is 20.3 Å². The van der Waals surface area contributed by atoms with Gasteiger partial charge in [0, 0.05) is 29.0 Å². The Morgan fingerprint density at radius 2 is 1.76 bits per heavy atom. The van der Waals surface area contributed by atoms with E-state index in [9.17, 15) is 4.79 Å². The first-order chi connectivity index (χ1) is 18.0. The summed E-state index contributed by atoms with van der Waals surface area (Å²) < 4.78 is 20.9. The van der Waals surface area contributed by atoms with Gasteiger partial charge in [0.2, 0.25) is 11.9 Å². The van der Waals surface area contributed by atoms with Crippen LogP contribution in [0.15, 0.2) is 91.6 Å². The molecule has 0 saturated heterocycles. The molecule has 0 unspecified atom stereocenters. The Kier molecular flexibility index (Phi) is 5.56. The molecule has 1 aromatic heterocycles. The molecule has 1 saturated carbocycles. The van der Waals surface area contributed by atoms with Crippen LogP contribution >= 0.6 is 0 Å². The van der Waals surface area contributed by atoms with E-state index in [4.69, 9.17) is 4.74 Å². The van der Waals surface area contributed by atoms with Gasteiger partial charge in [-0.25, -0.2) is 9.37 Å². The molecule has 6 rings (SSSR count). The highest BCUT2D eigenvalue weighted by Crippen LogP contribution is 2.58. The van der Waals surface area contributed by atoms with Gasteiger partial charge >= 0.3 is 0 Å². The van der Waals surface area contributed by atoms with Crippen LogP contribution < -0.4 is 20.3 Å². The number of anilines is 5. The maximum Gasteiger partial charge on any atom is 0.247 e. The second-order valence-electron chi connectivity index (χ2n) is 9.22. The first kappa shape index (κ1) is 22.7. The fourth-order valence-corrected chi connectivity index (χ4v) is 4.68. The number of nitrogens with one attached hydrogen (secondary N) is 2. The molecule has 1 aliphatic carbocycles. The molecule has 3 aromatic carbocycles. The molecule has 1 aliphatic heterocycles. The zero-order valence-electron chi connectivity index (χ0n) is 19.9. The predicted molar refractivity (Wildman–Crippen MR) is 141 cm³/mol. The lowest BCUT2D eigenvalue weighted by atomic mass is 9.98. The van der Waals surface area contributed by atoms with E-state index < -0.39 is 5.82 Å². The van der Waals surface area contributed by atoms with E-state index in [1.54, 1.807) is 0 Å². The standard InChI is InChI=1S/C29H24FN5O2/c1-2-26(36)32-20-10-13-23-25(16-20)35(18-29(23)14-15-29)27-24(30)17-31-28(34-27)33-19-8-11-22(12-9-19)37-21-6-4-3-5-7-21/h2-13,16-17H,1,14-15,18H2,(H,32,36)(H,31,33,34). The van der Waals surface area contributed by atoms with Gasteiger partial charge in [0.15, 0.2) is 11.6 Å². The Hall–Kier alpha value is -4.72. The maximum absolute atomic E-state index is 15.1. The van der Waals surface area contributed by atoms with Gasteiger partial charge in [-0.3, -0.25) is 4.79 Å². The van der Waals surface area contributed by atoms with Crippen molar-refractivity contribution in [1.82, 2.24) is 9.97 Å². The number of carbonyl (C=O) groups excluding carboxylic acids is 1. The molecule has 8 heteroatoms. The van der Waals surface area contributed by atoms with Gasteiger partial charge in [-0.1, -0.05) is 30.8 Å². The highest BCUT2D eigenvalue weighted by molar-refractivity contribution is 5.99. The number of hydrogen-bond donors (Lipinski definition) is 2. The first-order valence-electron chi connectivity index (χ1n) is 12.0. The van der Waals surface area contributed by atoms with Gasteiger partial charge in [-0.15, -0.1) is 0 Å². The third-order valence-electron chi connectivity index (χ3n) is 6.70. The minimum atomic E-state index is -0.513. The third-order valence-corrected chi connectivity index (χ3v) is 6.70. The largest absolute Gasteiger partial charge is 0.457 e. The lowest BCUT2D eigenvalue weighted by molar-refractivity contribution is -0.111. The summed E-state index contributed by atoms with van der Waals surface area (Å²) in [5.74, 6) is 1.11. The molecule has 7 nitrogen and oxygen atoms in total. The monoisotopic (exact) mass is 493 g/mol. The van der Waals surface area contributed by atoms with Gasteiger partial charge in [0.05, 0.1) is 6.20 Å². The summed E-state index contributed by atoms with van der Waals surface area (Å²) in [5.41, 5.74) is 3.34. The maximum atomic E-state index is 15.1. The van der Waals surface area contributed by atoms with Crippen molar-refractivity contribution in [2.75, 3.05) is 22.1 Å². The Bertz CT molecular complexity index is 1490. The number of amides is 1. The number of halogens is 1. The molecule has 0 bridgehead atoms. The van der Waals surface area contributed by atoms with E-state index in [1.165, 1.54) is 12.3 Å². The third kappa shape index (κ3) is 4.49. The number of rotatable bonds is 7. The molecule has 37 heavy (non-hydrogen) atoms. The second kappa shape index (κ2) is 9.05. The highest BCUT2D eigenvalue weighted by Gasteiger charge is 2.52. The summed E-state index contributed by atoms with van der Waals surface area (Å²) in [5, 5.41) is 5.94. The molecule has 1 spiro atoms. The second-order valence-corrected chi connectivity index (χ2v) is 9.22. The van der Waals surface area contributed by atoms with Crippen LogP contribution in [-0.4, -0.2) is 22.4 Å². The summed E-state index contributed by atoms with van der Waals surface area (Å²) in [6.07, 6.45) is 4.46. The van der Waals surface area contributed by atoms with Gasteiger partial charge in [0.1, 0.15) is 11.5 Å². The van der Waals surface area contributed by atoms with Gasteiger partial charge in [-0.2, -0.15) is 4.98 Å². The lowest BCUT2D eigenvalue weighted by Crippen LogP contribution is -2.22. The number of benzene rings is 3. The number of aromatic nitrogens is 2. The van der Waals surface area contributed by atoms with Crippen molar-refractivity contribution in [2.45, 2.75) is 18.3 Å². The predicted octanol–water partition coefficient (Wildman–Crippen LogP) is 6.46. The number of para-hydroxylation sites is 1. The molecule has 2 heterocycles. The van der Waals surface area contributed by atoms with Crippen molar-refractivity contribution in [2.24, 2.45) is 0 Å². The Morgan fingerprint density at radius 1 is 1.03 bits per heavy atom. The van der Waals surface area contributed by atoms with E-state index in [-0.39, 0.29) is 23.1 Å². The Balaban J connectivity index is 1.25. The minimum Gasteiger partial charge on any atom is -0.457 e. The smallest absolute Gasteiger partial charge is 0.247 e. The Labute approximate surface area is 213 Å². The minimum absolute atomic E-state index is 0.00409. The number of carbonyl (C=O) groups is 1. The summed E-state index contributed by atoms with van der Waals surface area (Å²) in [4.78, 5) is 22.4.